The minimum Gasteiger partial charge on any atom is -0.508 e. The van der Waals surface area contributed by atoms with E-state index in [0.717, 1.165) is 71.7 Å². The van der Waals surface area contributed by atoms with E-state index >= 15 is 0 Å². The molecule has 6 fully saturated rings. The van der Waals surface area contributed by atoms with Gasteiger partial charge in [-0.15, -0.1) is 0 Å². The molecule has 7 aliphatic carbocycles. The van der Waals surface area contributed by atoms with E-state index in [2.05, 4.69) is 34.6 Å². The molecule has 1 saturated heterocycles. The molecule has 11 aliphatic rings. The van der Waals surface area contributed by atoms with E-state index in [1.54, 1.807) is 43.5 Å². The van der Waals surface area contributed by atoms with Crippen LogP contribution in [0.15, 0.2) is 91.0 Å². The van der Waals surface area contributed by atoms with Gasteiger partial charge in [0.15, 0.2) is 0 Å². The number of hydrogen-bond acceptors (Lipinski definition) is 13. The van der Waals surface area contributed by atoms with Gasteiger partial charge in [-0.25, -0.2) is 0 Å². The molecule has 436 valence electrons. The summed E-state index contributed by atoms with van der Waals surface area (Å²) in [4.78, 5) is 0. The molecular weight excluding hydrogens is 1040 g/mol. The van der Waals surface area contributed by atoms with E-state index in [1.807, 2.05) is 42.5 Å². The number of phenolic OH excluding ortho intramolecular Hbond substituents is 3. The van der Waals surface area contributed by atoms with E-state index < -0.39 is 47.9 Å². The van der Waals surface area contributed by atoms with Crippen LogP contribution in [-0.2, 0) is 15.9 Å². The number of phenols is 3. The van der Waals surface area contributed by atoms with Crippen molar-refractivity contribution in [1.82, 2.24) is 10.6 Å². The number of nitrogens with one attached hydrogen (secondary N) is 2. The van der Waals surface area contributed by atoms with Crippen molar-refractivity contribution in [3.05, 3.63) is 113 Å². The fraction of sp³-hybridized carbons (Fsp3) is 0.543. The number of ether oxygens (including phenoxy) is 6. The topological polar surface area (TPSA) is 181 Å². The van der Waals surface area contributed by atoms with Crippen LogP contribution >= 0.6 is 0 Å². The molecule has 0 aromatic heterocycles. The quantitative estimate of drug-likeness (QED) is 0.0399. The Hall–Kier alpha value is -5.98. The minimum atomic E-state index is -1.08. The minimum absolute atomic E-state index is 0.0311. The van der Waals surface area contributed by atoms with Crippen molar-refractivity contribution in [1.29, 1.82) is 0 Å². The molecular formula is C70H80N2O11. The number of aliphatic hydroxyl groups excluding tert-OH is 2. The molecule has 16 rings (SSSR count). The fourth-order valence-electron chi connectivity index (χ4n) is 18.8. The molecule has 4 aliphatic heterocycles. The molecule has 4 heterocycles. The van der Waals surface area contributed by atoms with Crippen LogP contribution in [0.1, 0.15) is 144 Å². The molecule has 13 heteroatoms. The third-order valence-corrected chi connectivity index (χ3v) is 22.3. The molecule has 5 aromatic rings. The van der Waals surface area contributed by atoms with Gasteiger partial charge in [-0.2, -0.15) is 0 Å². The summed E-state index contributed by atoms with van der Waals surface area (Å²) in [6.07, 6.45) is 19.7. The highest BCUT2D eigenvalue weighted by Gasteiger charge is 2.70. The zero-order valence-corrected chi connectivity index (χ0v) is 47.8. The summed E-state index contributed by atoms with van der Waals surface area (Å²) in [5.41, 5.74) is 4.18. The molecule has 7 N–H and O–H groups in total. The van der Waals surface area contributed by atoms with Gasteiger partial charge in [-0.05, 0) is 172 Å². The van der Waals surface area contributed by atoms with E-state index in [9.17, 15) is 25.5 Å². The summed E-state index contributed by atoms with van der Waals surface area (Å²) in [7, 11) is 1.72. The van der Waals surface area contributed by atoms with Gasteiger partial charge in [-0.1, -0.05) is 67.9 Å². The highest BCUT2D eigenvalue weighted by atomic mass is 16.5. The number of aliphatic hydroxyl groups is 2. The summed E-state index contributed by atoms with van der Waals surface area (Å²) in [6.45, 7) is 1.42. The van der Waals surface area contributed by atoms with Gasteiger partial charge in [0.2, 0.25) is 0 Å². The van der Waals surface area contributed by atoms with Crippen molar-refractivity contribution in [2.75, 3.05) is 33.5 Å². The number of benzene rings is 5. The first-order valence-electron chi connectivity index (χ1n) is 31.3. The SMILES string of the molecule is COCCC[C@@H]1Oc2c3cc(c4cc(O)ccc24)OCC#C[C@@H]2CNC4(CC5(CCCC5)C5(CCCC5)C4)N[C@@]24[C@H]2C=C[C@H]([C@@H](O)C2)[C@@H]4O[C@@H]3[C@@H]1[C@H]1COc2c(Cc3cc(O)ccc3-c3cccc(O)c3)cc(OC3CCCC3)cc2[C@H]1O. The number of hydrogen-bond donors (Lipinski definition) is 7. The van der Waals surface area contributed by atoms with Crippen LogP contribution in [0.25, 0.3) is 21.9 Å². The Kier molecular flexibility index (Phi) is 13.5. The number of rotatable bonds is 10. The van der Waals surface area contributed by atoms with Crippen LogP contribution in [0.5, 0.6) is 40.2 Å². The lowest BCUT2D eigenvalue weighted by Gasteiger charge is -2.64. The average Bonchev–Trinajstić information content (AvgIpc) is 2.20. The molecule has 13 nitrogen and oxygen atoms in total. The van der Waals surface area contributed by atoms with E-state index in [-0.39, 0.29) is 70.8 Å². The standard InChI is InChI=1S/C70H80N2O11/c1-78-27-10-16-59-61(57-38-80-63-43(32-50(35-55(63)62(57)77)81-49-14-2-3-15-49)29-42-31-47(74)18-21-51(42)41-11-8-13-46(73)30-41)65-56-36-60(54-34-48(75)19-22-52(54)64(56)82-59)79-28-9-12-45-37-71-69(39-67(23-4-5-24-67)68(40-69)25-6-7-26-68)72-70(45)44-17-20-53(58(76)33-44)66(70)83-65/h8,11,13,17-22,30-32,34-36,44-45,49,53,57-59,61-62,65-66,71-77H,2-7,10,14-16,23-29,33,37-40H2,1H3/t44-,45+,53+,57+,58-,59-,61+,62+,65-,66-,70-/m0/s1. The first kappa shape index (κ1) is 53.7. The van der Waals surface area contributed by atoms with Crippen LogP contribution in [0.4, 0.5) is 0 Å². The van der Waals surface area contributed by atoms with E-state index in [4.69, 9.17) is 28.4 Å². The Bertz CT molecular complexity index is 3380. The highest BCUT2D eigenvalue weighted by Crippen LogP contribution is 2.71. The zero-order chi connectivity index (χ0) is 56.2. The predicted octanol–water partition coefficient (Wildman–Crippen LogP) is 11.6. The number of fused-ring (bicyclic) bond motifs is 7. The van der Waals surface area contributed by atoms with Crippen LogP contribution in [0, 0.1) is 52.3 Å². The van der Waals surface area contributed by atoms with Crippen LogP contribution in [0.3, 0.4) is 0 Å². The highest BCUT2D eigenvalue weighted by molar-refractivity contribution is 5.96. The molecule has 4 bridgehead atoms. The Morgan fingerprint density at radius 3 is 2.30 bits per heavy atom. The summed E-state index contributed by atoms with van der Waals surface area (Å²) >= 11 is 0. The third-order valence-electron chi connectivity index (χ3n) is 22.3. The van der Waals surface area contributed by atoms with Crippen molar-refractivity contribution in [3.63, 3.8) is 0 Å². The van der Waals surface area contributed by atoms with Crippen molar-refractivity contribution >= 4 is 10.8 Å². The van der Waals surface area contributed by atoms with Gasteiger partial charge in [-0.3, -0.25) is 10.6 Å². The maximum Gasteiger partial charge on any atom is 0.149 e. The van der Waals surface area contributed by atoms with Gasteiger partial charge in [0, 0.05) is 77.8 Å². The second-order valence-corrected chi connectivity index (χ2v) is 26.8. The first-order valence-corrected chi connectivity index (χ1v) is 31.3. The molecule has 5 aromatic carbocycles. The number of aromatic hydroxyl groups is 3. The van der Waals surface area contributed by atoms with Gasteiger partial charge in [0.1, 0.15) is 53.0 Å². The third kappa shape index (κ3) is 8.93. The van der Waals surface area contributed by atoms with Crippen LogP contribution in [-0.4, -0.2) is 94.6 Å². The molecule has 0 radical (unpaired) electrons. The van der Waals surface area contributed by atoms with Gasteiger partial charge in [0.25, 0.3) is 0 Å². The Morgan fingerprint density at radius 1 is 0.759 bits per heavy atom. The maximum atomic E-state index is 13.7. The Morgan fingerprint density at radius 2 is 1.53 bits per heavy atom. The largest absolute Gasteiger partial charge is 0.508 e. The Balaban J connectivity index is 0.885. The lowest BCUT2D eigenvalue weighted by Crippen LogP contribution is -2.82. The zero-order valence-electron chi connectivity index (χ0n) is 47.8. The van der Waals surface area contributed by atoms with Gasteiger partial charge < -0.3 is 54.0 Å². The molecule has 83 heavy (non-hydrogen) atoms. The summed E-state index contributed by atoms with van der Waals surface area (Å²) in [5.74, 6) is 8.33. The number of methoxy groups -OCH3 is 1. The van der Waals surface area contributed by atoms with Crippen molar-refractivity contribution in [2.24, 2.45) is 40.4 Å². The summed E-state index contributed by atoms with van der Waals surface area (Å²) in [5, 5.41) is 69.1. The summed E-state index contributed by atoms with van der Waals surface area (Å²) < 4.78 is 42.4. The summed E-state index contributed by atoms with van der Waals surface area (Å²) in [6, 6.07) is 23.8. The fourth-order valence-corrected chi connectivity index (χ4v) is 18.8. The molecule has 5 saturated carbocycles. The monoisotopic (exact) mass is 1120 g/mol. The average molecular weight is 1130 g/mol. The predicted molar refractivity (Wildman–Crippen MR) is 315 cm³/mol. The van der Waals surface area contributed by atoms with Crippen molar-refractivity contribution in [3.8, 4) is 63.2 Å². The lowest BCUT2D eigenvalue weighted by atomic mass is 9.55. The molecule has 11 atom stereocenters. The molecule has 4 spiro atoms. The smallest absolute Gasteiger partial charge is 0.149 e. The second kappa shape index (κ2) is 20.9. The van der Waals surface area contributed by atoms with Crippen molar-refractivity contribution < 1.29 is 54.0 Å². The lowest BCUT2D eigenvalue weighted by molar-refractivity contribution is -0.209. The molecule has 0 amide bonds. The second-order valence-electron chi connectivity index (χ2n) is 26.8. The maximum absolute atomic E-state index is 13.7. The first-order chi connectivity index (χ1) is 40.4. The van der Waals surface area contributed by atoms with Gasteiger partial charge in [0.05, 0.1) is 54.2 Å². The van der Waals surface area contributed by atoms with Crippen molar-refractivity contribution in [2.45, 2.75) is 163 Å². The van der Waals surface area contributed by atoms with Crippen LogP contribution < -0.4 is 29.6 Å². The van der Waals surface area contributed by atoms with Gasteiger partial charge >= 0.3 is 0 Å². The normalized spacial score (nSPS) is 32.2. The van der Waals surface area contributed by atoms with Crippen LogP contribution in [0.2, 0.25) is 0 Å². The Labute approximate surface area is 487 Å². The molecule has 0 unspecified atom stereocenters. The van der Waals surface area contributed by atoms with E-state index in [0.29, 0.717) is 72.8 Å². The van der Waals surface area contributed by atoms with E-state index in [1.165, 1.54) is 51.4 Å².